The maximum absolute atomic E-state index is 6.21. The molecule has 21 heavy (non-hydrogen) atoms. The van der Waals surface area contributed by atoms with Gasteiger partial charge in [0.05, 0.1) is 11.0 Å². The van der Waals surface area contributed by atoms with E-state index in [4.69, 9.17) is 28.2 Å². The van der Waals surface area contributed by atoms with E-state index in [1.165, 1.54) is 50.5 Å². The van der Waals surface area contributed by atoms with Gasteiger partial charge >= 0.3 is 0 Å². The molecule has 1 aromatic heterocycles. The first-order valence-corrected chi connectivity index (χ1v) is 8.93. The van der Waals surface area contributed by atoms with E-state index in [-0.39, 0.29) is 0 Å². The van der Waals surface area contributed by atoms with E-state index in [1.807, 2.05) is 12.1 Å². The van der Waals surface area contributed by atoms with Gasteiger partial charge in [-0.25, -0.2) is 4.98 Å². The van der Waals surface area contributed by atoms with Crippen LogP contribution in [0.3, 0.4) is 0 Å². The van der Waals surface area contributed by atoms with Crippen molar-refractivity contribution in [2.24, 2.45) is 0 Å². The van der Waals surface area contributed by atoms with Crippen molar-refractivity contribution in [2.45, 2.75) is 57.4 Å². The Labute approximate surface area is 136 Å². The summed E-state index contributed by atoms with van der Waals surface area (Å²) in [6, 6.07) is 6.55. The first-order chi connectivity index (χ1) is 10.3. The van der Waals surface area contributed by atoms with Gasteiger partial charge in [0.25, 0.3) is 0 Å². The standard InChI is InChI=1S/C17H22Cl2N2/c18-11-10-17-20-15-9-8-13(19)12-16(15)21(17)14-6-4-2-1-3-5-7-14/h8-9,12,14H,1-7,10-11H2. The van der Waals surface area contributed by atoms with Gasteiger partial charge in [0.1, 0.15) is 5.82 Å². The second-order valence-electron chi connectivity index (χ2n) is 5.97. The lowest BCUT2D eigenvalue weighted by Gasteiger charge is -2.24. The number of imidazole rings is 1. The van der Waals surface area contributed by atoms with Gasteiger partial charge in [0, 0.05) is 23.4 Å². The average Bonchev–Trinajstić information content (AvgIpc) is 2.77. The quantitative estimate of drug-likeness (QED) is 0.656. The Morgan fingerprint density at radius 3 is 2.52 bits per heavy atom. The Hall–Kier alpha value is -0.730. The van der Waals surface area contributed by atoms with E-state index in [9.17, 15) is 0 Å². The van der Waals surface area contributed by atoms with Crippen LogP contribution in [0.2, 0.25) is 5.02 Å². The van der Waals surface area contributed by atoms with Gasteiger partial charge in [0.2, 0.25) is 0 Å². The van der Waals surface area contributed by atoms with Crippen molar-refractivity contribution in [1.82, 2.24) is 9.55 Å². The number of rotatable bonds is 3. The van der Waals surface area contributed by atoms with Crippen LogP contribution in [0.25, 0.3) is 11.0 Å². The van der Waals surface area contributed by atoms with Crippen LogP contribution in [0.5, 0.6) is 0 Å². The Morgan fingerprint density at radius 2 is 1.81 bits per heavy atom. The maximum atomic E-state index is 6.21. The lowest BCUT2D eigenvalue weighted by atomic mass is 9.96. The SMILES string of the molecule is ClCCc1nc2ccc(Cl)cc2n1C1CCCCCCC1. The smallest absolute Gasteiger partial charge is 0.111 e. The zero-order valence-electron chi connectivity index (χ0n) is 12.3. The average molecular weight is 325 g/mol. The maximum Gasteiger partial charge on any atom is 0.111 e. The predicted molar refractivity (Wildman–Crippen MR) is 90.5 cm³/mol. The number of hydrogen-bond donors (Lipinski definition) is 0. The van der Waals surface area contributed by atoms with Crippen LogP contribution < -0.4 is 0 Å². The van der Waals surface area contributed by atoms with Crippen molar-refractivity contribution in [3.8, 4) is 0 Å². The fraction of sp³-hybridized carbons (Fsp3) is 0.588. The molecule has 0 spiro atoms. The number of alkyl halides is 1. The highest BCUT2D eigenvalue weighted by atomic mass is 35.5. The summed E-state index contributed by atoms with van der Waals surface area (Å²) in [7, 11) is 0. The highest BCUT2D eigenvalue weighted by Crippen LogP contribution is 2.32. The van der Waals surface area contributed by atoms with Crippen LogP contribution in [-0.2, 0) is 6.42 Å². The van der Waals surface area contributed by atoms with Crippen LogP contribution in [0.15, 0.2) is 18.2 Å². The normalized spacial score (nSPS) is 17.8. The van der Waals surface area contributed by atoms with Gasteiger partial charge in [-0.15, -0.1) is 11.6 Å². The second kappa shape index (κ2) is 7.02. The number of benzene rings is 1. The third kappa shape index (κ3) is 3.37. The molecule has 1 aromatic carbocycles. The van der Waals surface area contributed by atoms with Crippen molar-refractivity contribution >= 4 is 34.2 Å². The van der Waals surface area contributed by atoms with Crippen LogP contribution in [-0.4, -0.2) is 15.4 Å². The molecule has 0 amide bonds. The van der Waals surface area contributed by atoms with Crippen molar-refractivity contribution in [3.63, 3.8) is 0 Å². The molecule has 1 aliphatic rings. The highest BCUT2D eigenvalue weighted by molar-refractivity contribution is 6.31. The molecule has 1 aliphatic carbocycles. The zero-order chi connectivity index (χ0) is 14.7. The van der Waals surface area contributed by atoms with Crippen LogP contribution in [0.4, 0.5) is 0 Å². The van der Waals surface area contributed by atoms with Crippen LogP contribution in [0, 0.1) is 0 Å². The molecule has 1 heterocycles. The summed E-state index contributed by atoms with van der Waals surface area (Å²) in [6.07, 6.45) is 10.0. The molecule has 2 aromatic rings. The van der Waals surface area contributed by atoms with Crippen molar-refractivity contribution in [1.29, 1.82) is 0 Å². The first-order valence-electron chi connectivity index (χ1n) is 8.02. The highest BCUT2D eigenvalue weighted by Gasteiger charge is 2.20. The van der Waals surface area contributed by atoms with Gasteiger partial charge in [-0.1, -0.05) is 43.7 Å². The van der Waals surface area contributed by atoms with Gasteiger partial charge in [-0.3, -0.25) is 0 Å². The number of aryl methyl sites for hydroxylation is 1. The van der Waals surface area contributed by atoms with E-state index in [1.54, 1.807) is 0 Å². The molecule has 0 aliphatic heterocycles. The third-order valence-electron chi connectivity index (χ3n) is 4.48. The summed E-state index contributed by atoms with van der Waals surface area (Å²) < 4.78 is 2.43. The molecule has 3 rings (SSSR count). The number of nitrogens with zero attached hydrogens (tertiary/aromatic N) is 2. The van der Waals surface area contributed by atoms with Crippen LogP contribution >= 0.6 is 23.2 Å². The van der Waals surface area contributed by atoms with Gasteiger partial charge < -0.3 is 4.57 Å². The van der Waals surface area contributed by atoms with Crippen LogP contribution in [0.1, 0.15) is 56.8 Å². The molecular formula is C17H22Cl2N2. The van der Waals surface area contributed by atoms with Gasteiger partial charge in [0.15, 0.2) is 0 Å². The molecule has 0 bridgehead atoms. The summed E-state index contributed by atoms with van der Waals surface area (Å²) >= 11 is 12.2. The molecule has 2 nitrogen and oxygen atoms in total. The van der Waals surface area contributed by atoms with E-state index >= 15 is 0 Å². The molecule has 0 N–H and O–H groups in total. The van der Waals surface area contributed by atoms with Gasteiger partial charge in [-0.2, -0.15) is 0 Å². The Kier molecular flexibility index (Phi) is 5.07. The molecule has 0 saturated heterocycles. The van der Waals surface area contributed by atoms with E-state index in [2.05, 4.69) is 10.6 Å². The Bertz CT molecular complexity index is 598. The lowest BCUT2D eigenvalue weighted by molar-refractivity contribution is 0.371. The van der Waals surface area contributed by atoms with E-state index < -0.39 is 0 Å². The molecule has 0 unspecified atom stereocenters. The molecule has 1 saturated carbocycles. The van der Waals surface area contributed by atoms with Crippen molar-refractivity contribution < 1.29 is 0 Å². The third-order valence-corrected chi connectivity index (χ3v) is 4.91. The summed E-state index contributed by atoms with van der Waals surface area (Å²) in [5, 5.41) is 0.784. The van der Waals surface area contributed by atoms with Crippen molar-refractivity contribution in [3.05, 3.63) is 29.0 Å². The first kappa shape index (κ1) is 15.2. The molecular weight excluding hydrogens is 303 g/mol. The lowest BCUT2D eigenvalue weighted by Crippen LogP contribution is -2.14. The van der Waals surface area contributed by atoms with E-state index in [0.29, 0.717) is 11.9 Å². The second-order valence-corrected chi connectivity index (χ2v) is 6.78. The zero-order valence-corrected chi connectivity index (χ0v) is 13.8. The predicted octanol–water partition coefficient (Wildman–Crippen LogP) is 5.76. The largest absolute Gasteiger partial charge is 0.325 e. The summed E-state index contributed by atoms with van der Waals surface area (Å²) in [6.45, 7) is 0. The summed E-state index contributed by atoms with van der Waals surface area (Å²) in [5.74, 6) is 1.73. The molecule has 0 radical (unpaired) electrons. The number of halogens is 2. The molecule has 114 valence electrons. The number of fused-ring (bicyclic) bond motifs is 1. The molecule has 1 fully saturated rings. The Morgan fingerprint density at radius 1 is 1.10 bits per heavy atom. The fourth-order valence-corrected chi connectivity index (χ4v) is 3.81. The summed E-state index contributed by atoms with van der Waals surface area (Å²) in [5.41, 5.74) is 2.22. The number of hydrogen-bond acceptors (Lipinski definition) is 1. The van der Waals surface area contributed by atoms with E-state index in [0.717, 1.165) is 22.8 Å². The summed E-state index contributed by atoms with van der Waals surface area (Å²) in [4.78, 5) is 4.79. The molecule has 0 atom stereocenters. The van der Waals surface area contributed by atoms with Crippen molar-refractivity contribution in [2.75, 3.05) is 5.88 Å². The monoisotopic (exact) mass is 324 g/mol. The van der Waals surface area contributed by atoms with Gasteiger partial charge in [-0.05, 0) is 31.0 Å². The minimum Gasteiger partial charge on any atom is -0.325 e. The Balaban J connectivity index is 2.03. The minimum absolute atomic E-state index is 0.548. The number of aromatic nitrogens is 2. The topological polar surface area (TPSA) is 17.8 Å². The molecule has 4 heteroatoms. The fourth-order valence-electron chi connectivity index (χ4n) is 3.48. The minimum atomic E-state index is 0.548.